The van der Waals surface area contributed by atoms with Crippen molar-refractivity contribution in [2.75, 3.05) is 13.1 Å². The largest absolute Gasteiger partial charge is 0.354 e. The summed E-state index contributed by atoms with van der Waals surface area (Å²) < 4.78 is 0. The minimum atomic E-state index is 0.0916. The van der Waals surface area contributed by atoms with Crippen molar-refractivity contribution in [3.63, 3.8) is 0 Å². The smallest absolute Gasteiger partial charge is 0.237 e. The van der Waals surface area contributed by atoms with Gasteiger partial charge < -0.3 is 10.6 Å². The van der Waals surface area contributed by atoms with Crippen molar-refractivity contribution < 1.29 is 4.79 Å². The van der Waals surface area contributed by atoms with E-state index in [1.165, 1.54) is 38.5 Å². The lowest BCUT2D eigenvalue weighted by atomic mass is 9.49. The van der Waals surface area contributed by atoms with E-state index in [4.69, 9.17) is 0 Å². The van der Waals surface area contributed by atoms with Crippen LogP contribution in [0, 0.1) is 23.2 Å². The molecule has 0 aromatic heterocycles. The van der Waals surface area contributed by atoms with Gasteiger partial charge in [-0.3, -0.25) is 4.79 Å². The standard InChI is InChI=1S/C16H26N2O/c19-15(14-2-1-3-17-14)18-10-16-7-11-4-12(8-16)6-13(5-11)9-16/h11-14,17H,1-10H2,(H,18,19). The van der Waals surface area contributed by atoms with E-state index < -0.39 is 0 Å². The van der Waals surface area contributed by atoms with E-state index in [1.54, 1.807) is 0 Å². The van der Waals surface area contributed by atoms with Crippen molar-refractivity contribution in [3.8, 4) is 0 Å². The lowest BCUT2D eigenvalue weighted by Crippen LogP contribution is -2.52. The number of nitrogens with one attached hydrogen (secondary N) is 2. The third kappa shape index (κ3) is 2.20. The summed E-state index contributed by atoms with van der Waals surface area (Å²) in [5.74, 6) is 3.20. The molecular weight excluding hydrogens is 236 g/mol. The van der Waals surface area contributed by atoms with Gasteiger partial charge in [-0.25, -0.2) is 0 Å². The number of carbonyl (C=O) groups is 1. The highest BCUT2D eigenvalue weighted by Gasteiger charge is 2.50. The Bertz CT molecular complexity index is 338. The first-order valence-corrected chi connectivity index (χ1v) is 8.24. The van der Waals surface area contributed by atoms with Gasteiger partial charge in [0.05, 0.1) is 6.04 Å². The highest BCUT2D eigenvalue weighted by molar-refractivity contribution is 5.82. The van der Waals surface area contributed by atoms with Gasteiger partial charge in [-0.05, 0) is 81.1 Å². The van der Waals surface area contributed by atoms with E-state index in [0.717, 1.165) is 43.7 Å². The summed E-state index contributed by atoms with van der Waals surface area (Å²) in [6.45, 7) is 1.96. The van der Waals surface area contributed by atoms with Gasteiger partial charge in [-0.1, -0.05) is 0 Å². The van der Waals surface area contributed by atoms with Crippen LogP contribution >= 0.6 is 0 Å². The second-order valence-corrected chi connectivity index (χ2v) is 7.78. The molecule has 1 atom stereocenters. The van der Waals surface area contributed by atoms with Crippen molar-refractivity contribution in [3.05, 3.63) is 0 Å². The van der Waals surface area contributed by atoms with Gasteiger partial charge in [-0.15, -0.1) is 0 Å². The number of carbonyl (C=O) groups excluding carboxylic acids is 1. The molecule has 0 spiro atoms. The second kappa shape index (κ2) is 4.47. The minimum Gasteiger partial charge on any atom is -0.354 e. The number of hydrogen-bond donors (Lipinski definition) is 2. The van der Waals surface area contributed by atoms with Crippen molar-refractivity contribution in [2.45, 2.75) is 57.4 Å². The fraction of sp³-hybridized carbons (Fsp3) is 0.938. The third-order valence-corrected chi connectivity index (χ3v) is 6.18. The quantitative estimate of drug-likeness (QED) is 0.817. The Balaban J connectivity index is 1.38. The van der Waals surface area contributed by atoms with E-state index in [1.807, 2.05) is 0 Å². The van der Waals surface area contributed by atoms with E-state index in [0.29, 0.717) is 5.41 Å². The first kappa shape index (κ1) is 12.2. The fourth-order valence-electron chi connectivity index (χ4n) is 5.81. The molecule has 2 N–H and O–H groups in total. The summed E-state index contributed by atoms with van der Waals surface area (Å²) in [5, 5.41) is 6.58. The van der Waals surface area contributed by atoms with Crippen LogP contribution in [0.1, 0.15) is 51.4 Å². The molecule has 1 aliphatic heterocycles. The van der Waals surface area contributed by atoms with Crippen molar-refractivity contribution in [1.82, 2.24) is 10.6 Å². The highest BCUT2D eigenvalue weighted by Crippen LogP contribution is 2.59. The monoisotopic (exact) mass is 262 g/mol. The van der Waals surface area contributed by atoms with Crippen molar-refractivity contribution in [2.24, 2.45) is 23.2 Å². The Hall–Kier alpha value is -0.570. The average molecular weight is 262 g/mol. The molecule has 5 aliphatic rings. The molecule has 4 saturated carbocycles. The maximum Gasteiger partial charge on any atom is 0.237 e. The van der Waals surface area contributed by atoms with Crippen molar-refractivity contribution in [1.29, 1.82) is 0 Å². The normalized spacial score (nSPS) is 47.6. The van der Waals surface area contributed by atoms with E-state index >= 15 is 0 Å². The molecule has 4 aliphatic carbocycles. The molecular formula is C16H26N2O. The van der Waals surface area contributed by atoms with Gasteiger partial charge in [0.1, 0.15) is 0 Å². The zero-order chi connectivity index (χ0) is 12.9. The van der Waals surface area contributed by atoms with Gasteiger partial charge in [-0.2, -0.15) is 0 Å². The van der Waals surface area contributed by atoms with Crippen LogP contribution in [0.4, 0.5) is 0 Å². The summed E-state index contributed by atoms with van der Waals surface area (Å²) >= 11 is 0. The molecule has 1 heterocycles. The lowest BCUT2D eigenvalue weighted by Gasteiger charge is -2.57. The van der Waals surface area contributed by atoms with E-state index in [-0.39, 0.29) is 11.9 Å². The Kier molecular flexibility index (Phi) is 2.87. The number of hydrogen-bond acceptors (Lipinski definition) is 2. The predicted molar refractivity (Wildman–Crippen MR) is 74.6 cm³/mol. The van der Waals surface area contributed by atoms with Gasteiger partial charge in [0.25, 0.3) is 0 Å². The number of amides is 1. The average Bonchev–Trinajstić information content (AvgIpc) is 2.88. The molecule has 1 amide bonds. The predicted octanol–water partition coefficient (Wildman–Crippen LogP) is 2.07. The van der Waals surface area contributed by atoms with Crippen LogP contribution < -0.4 is 10.6 Å². The molecule has 0 aromatic rings. The zero-order valence-corrected chi connectivity index (χ0v) is 11.8. The Morgan fingerprint density at radius 1 is 1.11 bits per heavy atom. The molecule has 1 saturated heterocycles. The van der Waals surface area contributed by atoms with E-state index in [2.05, 4.69) is 10.6 Å². The van der Waals surface area contributed by atoms with Crippen LogP contribution in [-0.4, -0.2) is 25.0 Å². The van der Waals surface area contributed by atoms with Gasteiger partial charge in [0.15, 0.2) is 0 Å². The van der Waals surface area contributed by atoms with Crippen molar-refractivity contribution >= 4 is 5.91 Å². The van der Waals surface area contributed by atoms with Crippen LogP contribution in [0.5, 0.6) is 0 Å². The second-order valence-electron chi connectivity index (χ2n) is 7.78. The van der Waals surface area contributed by atoms with Crippen LogP contribution in [0.3, 0.4) is 0 Å². The molecule has 4 bridgehead atoms. The Morgan fingerprint density at radius 3 is 2.26 bits per heavy atom. The molecule has 3 heteroatoms. The SMILES string of the molecule is O=C(NCC12CC3CC(CC(C3)C1)C2)C1CCCN1. The molecule has 0 radical (unpaired) electrons. The summed E-state index contributed by atoms with van der Waals surface area (Å²) in [7, 11) is 0. The van der Waals surface area contributed by atoms with Gasteiger partial charge >= 0.3 is 0 Å². The fourth-order valence-corrected chi connectivity index (χ4v) is 5.81. The minimum absolute atomic E-state index is 0.0916. The summed E-state index contributed by atoms with van der Waals surface area (Å²) in [4.78, 5) is 12.2. The van der Waals surface area contributed by atoms with Crippen LogP contribution in [-0.2, 0) is 4.79 Å². The van der Waals surface area contributed by atoms with Crippen LogP contribution in [0.2, 0.25) is 0 Å². The topological polar surface area (TPSA) is 41.1 Å². The van der Waals surface area contributed by atoms with Gasteiger partial charge in [0, 0.05) is 6.54 Å². The summed E-state index contributed by atoms with van der Waals surface area (Å²) in [6.07, 6.45) is 10.8. The molecule has 0 aromatic carbocycles. The molecule has 3 nitrogen and oxygen atoms in total. The number of rotatable bonds is 3. The maximum absolute atomic E-state index is 12.2. The molecule has 1 unspecified atom stereocenters. The third-order valence-electron chi connectivity index (χ3n) is 6.18. The maximum atomic E-state index is 12.2. The Morgan fingerprint density at radius 2 is 1.74 bits per heavy atom. The first-order valence-electron chi connectivity index (χ1n) is 8.24. The van der Waals surface area contributed by atoms with E-state index in [9.17, 15) is 4.79 Å². The van der Waals surface area contributed by atoms with Crippen LogP contribution in [0.25, 0.3) is 0 Å². The first-order chi connectivity index (χ1) is 9.22. The summed E-state index contributed by atoms with van der Waals surface area (Å²) in [6, 6.07) is 0.0916. The molecule has 106 valence electrons. The van der Waals surface area contributed by atoms with Crippen LogP contribution in [0.15, 0.2) is 0 Å². The lowest BCUT2D eigenvalue weighted by molar-refractivity contribution is -0.124. The molecule has 19 heavy (non-hydrogen) atoms. The Labute approximate surface area is 115 Å². The highest BCUT2D eigenvalue weighted by atomic mass is 16.2. The zero-order valence-electron chi connectivity index (χ0n) is 11.8. The molecule has 5 rings (SSSR count). The summed E-state index contributed by atoms with van der Waals surface area (Å²) in [5.41, 5.74) is 0.475. The molecule has 5 fully saturated rings. The van der Waals surface area contributed by atoms with Gasteiger partial charge in [0.2, 0.25) is 5.91 Å².